The number of aromatic amines is 1. The standard InChI is InChI=1S/C24H25N7O2/c1-16(2)22-18(14-28-31(22)21-5-3-4-8-25-21)24(33)30-11-9-29(10-12-30)23(32)17-6-7-19-20(13-17)27-15-26-19/h3-8,13-16H,9-12H2,1-2H3,(H,26,27). The summed E-state index contributed by atoms with van der Waals surface area (Å²) in [6.07, 6.45) is 4.96. The van der Waals surface area contributed by atoms with E-state index in [1.54, 1.807) is 39.3 Å². The molecule has 4 aromatic rings. The minimum absolute atomic E-state index is 0.0376. The SMILES string of the molecule is CC(C)c1c(C(=O)N2CCN(C(=O)c3ccc4nc[nH]c4c3)CC2)cnn1-c1ccccn1. The molecule has 1 aliphatic heterocycles. The molecule has 0 bridgehead atoms. The van der Waals surface area contributed by atoms with Crippen LogP contribution in [0.15, 0.2) is 55.1 Å². The molecule has 5 rings (SSSR count). The molecule has 0 saturated carbocycles. The summed E-state index contributed by atoms with van der Waals surface area (Å²) in [6, 6.07) is 11.1. The lowest BCUT2D eigenvalue weighted by molar-refractivity contribution is 0.0534. The van der Waals surface area contributed by atoms with E-state index in [-0.39, 0.29) is 17.7 Å². The molecule has 1 aromatic carbocycles. The number of H-pyrrole nitrogens is 1. The van der Waals surface area contributed by atoms with Gasteiger partial charge in [-0.1, -0.05) is 19.9 Å². The average Bonchev–Trinajstić information content (AvgIpc) is 3.50. The first-order chi connectivity index (χ1) is 16.0. The fraction of sp³-hybridized carbons (Fsp3) is 0.292. The summed E-state index contributed by atoms with van der Waals surface area (Å²) >= 11 is 0. The molecule has 1 saturated heterocycles. The third-order valence-corrected chi connectivity index (χ3v) is 5.97. The molecule has 3 aromatic heterocycles. The predicted octanol–water partition coefficient (Wildman–Crippen LogP) is 2.87. The Bertz CT molecular complexity index is 1300. The number of hydrogen-bond acceptors (Lipinski definition) is 5. The third kappa shape index (κ3) is 3.86. The van der Waals surface area contributed by atoms with Crippen molar-refractivity contribution in [2.24, 2.45) is 0 Å². The van der Waals surface area contributed by atoms with Crippen LogP contribution < -0.4 is 0 Å². The molecule has 0 radical (unpaired) electrons. The number of carbonyl (C=O) groups is 2. The molecular weight excluding hydrogens is 418 g/mol. The van der Waals surface area contributed by atoms with Crippen LogP contribution in [0.2, 0.25) is 0 Å². The predicted molar refractivity (Wildman–Crippen MR) is 123 cm³/mol. The van der Waals surface area contributed by atoms with Crippen molar-refractivity contribution in [1.29, 1.82) is 0 Å². The number of rotatable bonds is 4. The van der Waals surface area contributed by atoms with Gasteiger partial charge >= 0.3 is 0 Å². The summed E-state index contributed by atoms with van der Waals surface area (Å²) in [5.74, 6) is 0.676. The van der Waals surface area contributed by atoms with E-state index in [0.29, 0.717) is 43.1 Å². The molecule has 33 heavy (non-hydrogen) atoms. The van der Waals surface area contributed by atoms with Crippen molar-refractivity contribution in [2.75, 3.05) is 26.2 Å². The van der Waals surface area contributed by atoms with Gasteiger partial charge in [0.25, 0.3) is 11.8 Å². The Morgan fingerprint density at radius 1 is 0.970 bits per heavy atom. The van der Waals surface area contributed by atoms with Gasteiger partial charge in [0.05, 0.1) is 34.8 Å². The number of amides is 2. The highest BCUT2D eigenvalue weighted by Crippen LogP contribution is 2.24. The van der Waals surface area contributed by atoms with Crippen LogP contribution in [0.1, 0.15) is 46.2 Å². The number of hydrogen-bond donors (Lipinski definition) is 1. The van der Waals surface area contributed by atoms with Crippen LogP contribution >= 0.6 is 0 Å². The summed E-state index contributed by atoms with van der Waals surface area (Å²) in [6.45, 7) is 6.00. The highest BCUT2D eigenvalue weighted by atomic mass is 16.2. The van der Waals surface area contributed by atoms with Crippen molar-refractivity contribution >= 4 is 22.8 Å². The molecule has 0 aliphatic carbocycles. The third-order valence-electron chi connectivity index (χ3n) is 5.97. The first-order valence-corrected chi connectivity index (χ1v) is 11.0. The minimum Gasteiger partial charge on any atom is -0.345 e. The number of piperazine rings is 1. The molecule has 1 N–H and O–H groups in total. The van der Waals surface area contributed by atoms with E-state index >= 15 is 0 Å². The van der Waals surface area contributed by atoms with Gasteiger partial charge in [0.1, 0.15) is 0 Å². The smallest absolute Gasteiger partial charge is 0.257 e. The second-order valence-electron chi connectivity index (χ2n) is 8.42. The lowest BCUT2D eigenvalue weighted by atomic mass is 10.0. The fourth-order valence-electron chi connectivity index (χ4n) is 4.27. The molecule has 9 heteroatoms. The topological polar surface area (TPSA) is 100 Å². The van der Waals surface area contributed by atoms with E-state index in [9.17, 15) is 9.59 Å². The monoisotopic (exact) mass is 443 g/mol. The Balaban J connectivity index is 1.31. The van der Waals surface area contributed by atoms with Crippen LogP contribution in [-0.4, -0.2) is 72.5 Å². The van der Waals surface area contributed by atoms with Crippen LogP contribution in [0.25, 0.3) is 16.9 Å². The van der Waals surface area contributed by atoms with Gasteiger partial charge in [-0.3, -0.25) is 9.59 Å². The van der Waals surface area contributed by atoms with E-state index < -0.39 is 0 Å². The van der Waals surface area contributed by atoms with Crippen molar-refractivity contribution in [3.63, 3.8) is 0 Å². The molecule has 0 spiro atoms. The van der Waals surface area contributed by atoms with Crippen LogP contribution in [-0.2, 0) is 0 Å². The fourth-order valence-corrected chi connectivity index (χ4v) is 4.27. The molecule has 9 nitrogen and oxygen atoms in total. The van der Waals surface area contributed by atoms with Gasteiger partial charge in [0.15, 0.2) is 5.82 Å². The highest BCUT2D eigenvalue weighted by molar-refractivity contribution is 5.98. The molecule has 0 unspecified atom stereocenters. The molecule has 1 fully saturated rings. The summed E-state index contributed by atoms with van der Waals surface area (Å²) in [7, 11) is 0. The van der Waals surface area contributed by atoms with Crippen LogP contribution in [0.3, 0.4) is 0 Å². The number of aromatic nitrogens is 5. The number of benzene rings is 1. The van der Waals surface area contributed by atoms with Gasteiger partial charge in [-0.15, -0.1) is 0 Å². The van der Waals surface area contributed by atoms with Gasteiger partial charge in [-0.25, -0.2) is 14.6 Å². The Kier molecular flexibility index (Phi) is 5.37. The van der Waals surface area contributed by atoms with Crippen molar-refractivity contribution < 1.29 is 9.59 Å². The van der Waals surface area contributed by atoms with E-state index in [1.165, 1.54) is 0 Å². The number of carbonyl (C=O) groups excluding carboxylic acids is 2. The lowest BCUT2D eigenvalue weighted by Crippen LogP contribution is -2.50. The van der Waals surface area contributed by atoms with Crippen LogP contribution in [0, 0.1) is 0 Å². The average molecular weight is 444 g/mol. The summed E-state index contributed by atoms with van der Waals surface area (Å²) in [5.41, 5.74) is 3.70. The van der Waals surface area contributed by atoms with Gasteiger partial charge in [0, 0.05) is 37.9 Å². The van der Waals surface area contributed by atoms with Crippen molar-refractivity contribution in [3.05, 3.63) is 71.9 Å². The number of pyridine rings is 1. The largest absolute Gasteiger partial charge is 0.345 e. The Morgan fingerprint density at radius 3 is 2.42 bits per heavy atom. The van der Waals surface area contributed by atoms with Crippen molar-refractivity contribution in [3.8, 4) is 5.82 Å². The molecule has 2 amide bonds. The van der Waals surface area contributed by atoms with Gasteiger partial charge in [-0.2, -0.15) is 5.10 Å². The molecular formula is C24H25N7O2. The quantitative estimate of drug-likeness (QED) is 0.523. The molecule has 0 atom stereocenters. The van der Waals surface area contributed by atoms with Gasteiger partial charge in [0.2, 0.25) is 0 Å². The van der Waals surface area contributed by atoms with Crippen LogP contribution in [0.4, 0.5) is 0 Å². The molecule has 168 valence electrons. The zero-order valence-corrected chi connectivity index (χ0v) is 18.6. The first-order valence-electron chi connectivity index (χ1n) is 11.0. The summed E-state index contributed by atoms with van der Waals surface area (Å²) in [4.78, 5) is 41.6. The first kappa shape index (κ1) is 20.9. The number of nitrogens with one attached hydrogen (secondary N) is 1. The molecule has 1 aliphatic rings. The summed E-state index contributed by atoms with van der Waals surface area (Å²) in [5, 5.41) is 4.46. The summed E-state index contributed by atoms with van der Waals surface area (Å²) < 4.78 is 1.74. The normalized spacial score (nSPS) is 14.3. The maximum atomic E-state index is 13.4. The molecule has 4 heterocycles. The maximum absolute atomic E-state index is 13.4. The zero-order valence-electron chi connectivity index (χ0n) is 18.6. The van der Waals surface area contributed by atoms with E-state index in [0.717, 1.165) is 16.7 Å². The van der Waals surface area contributed by atoms with Crippen molar-refractivity contribution in [2.45, 2.75) is 19.8 Å². The maximum Gasteiger partial charge on any atom is 0.257 e. The second-order valence-corrected chi connectivity index (χ2v) is 8.42. The van der Waals surface area contributed by atoms with E-state index in [1.807, 2.05) is 44.2 Å². The van der Waals surface area contributed by atoms with Crippen molar-refractivity contribution in [1.82, 2.24) is 34.5 Å². The zero-order chi connectivity index (χ0) is 22.9. The lowest BCUT2D eigenvalue weighted by Gasteiger charge is -2.35. The van der Waals surface area contributed by atoms with Crippen LogP contribution in [0.5, 0.6) is 0 Å². The number of fused-ring (bicyclic) bond motifs is 1. The number of imidazole rings is 1. The van der Waals surface area contributed by atoms with E-state index in [2.05, 4.69) is 20.1 Å². The minimum atomic E-state index is -0.0631. The Hall–Kier alpha value is -4.01. The van der Waals surface area contributed by atoms with E-state index in [4.69, 9.17) is 0 Å². The Morgan fingerprint density at radius 2 is 1.73 bits per heavy atom. The second kappa shape index (κ2) is 8.50. The van der Waals surface area contributed by atoms with Gasteiger partial charge in [-0.05, 0) is 36.2 Å². The Labute approximate surface area is 191 Å². The number of nitrogens with zero attached hydrogens (tertiary/aromatic N) is 6. The highest BCUT2D eigenvalue weighted by Gasteiger charge is 2.29. The van der Waals surface area contributed by atoms with Gasteiger partial charge < -0.3 is 14.8 Å².